The van der Waals surface area contributed by atoms with E-state index < -0.39 is 0 Å². The second-order valence-corrected chi connectivity index (χ2v) is 18.4. The largest absolute Gasteiger partial charge is 0.309 e. The van der Waals surface area contributed by atoms with Gasteiger partial charge in [-0.3, -0.25) is 0 Å². The molecule has 2 aromatic heterocycles. The molecule has 2 heterocycles. The van der Waals surface area contributed by atoms with Crippen molar-refractivity contribution in [3.63, 3.8) is 0 Å². The summed E-state index contributed by atoms with van der Waals surface area (Å²) >= 11 is 0. The molecule has 0 saturated carbocycles. The van der Waals surface area contributed by atoms with Gasteiger partial charge < -0.3 is 9.13 Å². The highest BCUT2D eigenvalue weighted by Crippen LogP contribution is 2.39. The molecular formula is C70H48N2. The van der Waals surface area contributed by atoms with Crippen molar-refractivity contribution in [3.05, 3.63) is 324 Å². The average Bonchev–Trinajstić information content (AvgIpc) is 3.98. The summed E-state index contributed by atoms with van der Waals surface area (Å²) in [7, 11) is 0. The van der Waals surface area contributed by atoms with Crippen molar-refractivity contribution < 1.29 is 0 Å². The lowest BCUT2D eigenvalue weighted by molar-refractivity contribution is 1.18. The van der Waals surface area contributed by atoms with Gasteiger partial charge in [-0.15, -0.1) is 0 Å². The maximum absolute atomic E-state index is 2.38. The van der Waals surface area contributed by atoms with Crippen LogP contribution in [0, 0.1) is 0 Å². The average molecular weight is 917 g/mol. The maximum Gasteiger partial charge on any atom is 0.0541 e. The Morgan fingerprint density at radius 3 is 0.861 bits per heavy atom. The van der Waals surface area contributed by atoms with Crippen molar-refractivity contribution in [2.24, 2.45) is 0 Å². The Balaban J connectivity index is 0.881. The molecular weight excluding hydrogens is 869 g/mol. The Bertz CT molecular complexity index is 3810. The van der Waals surface area contributed by atoms with Crippen molar-refractivity contribution in [2.45, 2.75) is 0 Å². The lowest BCUT2D eigenvalue weighted by Gasteiger charge is -2.18. The smallest absolute Gasteiger partial charge is 0.0541 e. The standard InChI is InChI=1S/C70H48N2/c1-4-18-54(19-5-1)69(55-20-6-2-7-21-55)70(56-22-8-3-9-23-56)57-38-36-51(37-39-57)50-34-32-49(33-35-50)48-64(52-40-44-58(45-41-52)71-65-28-14-10-24-60(65)61-25-11-15-29-66(61)71)53-42-46-59(47-43-53)72-67-30-16-12-26-62(67)63-27-13-17-31-68(63)72/h1-48H. The molecule has 0 aliphatic carbocycles. The van der Waals surface area contributed by atoms with Gasteiger partial charge in [0.2, 0.25) is 0 Å². The van der Waals surface area contributed by atoms with Crippen molar-refractivity contribution in [1.29, 1.82) is 0 Å². The number of nitrogens with zero attached hydrogens (tertiary/aromatic N) is 2. The van der Waals surface area contributed by atoms with Gasteiger partial charge >= 0.3 is 0 Å². The Hall–Kier alpha value is -9.50. The van der Waals surface area contributed by atoms with Gasteiger partial charge in [0.25, 0.3) is 0 Å². The van der Waals surface area contributed by atoms with Crippen molar-refractivity contribution in [3.8, 4) is 22.5 Å². The Labute approximate surface area is 420 Å². The molecule has 11 aromatic carbocycles. The zero-order chi connectivity index (χ0) is 47.8. The minimum Gasteiger partial charge on any atom is -0.309 e. The van der Waals surface area contributed by atoms with Crippen LogP contribution >= 0.6 is 0 Å². The first-order valence-corrected chi connectivity index (χ1v) is 24.7. The Morgan fingerprint density at radius 1 is 0.236 bits per heavy atom. The van der Waals surface area contributed by atoms with Gasteiger partial charge in [-0.25, -0.2) is 0 Å². The predicted molar refractivity (Wildman–Crippen MR) is 305 cm³/mol. The summed E-state index contributed by atoms with van der Waals surface area (Å²) in [6, 6.07) is 103. The number of para-hydroxylation sites is 4. The SMILES string of the molecule is C(=C(c1ccc(-n2c3ccccc3c3ccccc32)cc1)c1ccc(-n2c3ccccc3c3ccccc32)cc1)c1ccc(-c2ccc(C(=C(c3ccccc3)c3ccccc3)c3ccccc3)cc2)cc1. The van der Waals surface area contributed by atoms with Gasteiger partial charge in [-0.05, 0) is 121 Å². The van der Waals surface area contributed by atoms with Crippen molar-refractivity contribution in [1.82, 2.24) is 9.13 Å². The fourth-order valence-electron chi connectivity index (χ4n) is 10.8. The van der Waals surface area contributed by atoms with E-state index in [1.165, 1.54) is 88.1 Å². The van der Waals surface area contributed by atoms with Crippen LogP contribution in [0.5, 0.6) is 0 Å². The normalized spacial score (nSPS) is 11.3. The zero-order valence-electron chi connectivity index (χ0n) is 39.6. The minimum absolute atomic E-state index is 1.13. The highest BCUT2D eigenvalue weighted by atomic mass is 15.0. The van der Waals surface area contributed by atoms with Crippen molar-refractivity contribution in [2.75, 3.05) is 0 Å². The van der Waals surface area contributed by atoms with Gasteiger partial charge in [0.1, 0.15) is 0 Å². The molecule has 0 spiro atoms. The van der Waals surface area contributed by atoms with Crippen LogP contribution in [0.4, 0.5) is 0 Å². The van der Waals surface area contributed by atoms with Crippen LogP contribution in [0.2, 0.25) is 0 Å². The van der Waals surface area contributed by atoms with E-state index in [1.807, 2.05) is 0 Å². The molecule has 0 radical (unpaired) electrons. The van der Waals surface area contributed by atoms with Gasteiger partial charge in [0, 0.05) is 32.9 Å². The third-order valence-corrected chi connectivity index (χ3v) is 14.2. The molecule has 0 amide bonds. The number of hydrogen-bond acceptors (Lipinski definition) is 0. The van der Waals surface area contributed by atoms with E-state index in [9.17, 15) is 0 Å². The third-order valence-electron chi connectivity index (χ3n) is 14.2. The van der Waals surface area contributed by atoms with Gasteiger partial charge in [-0.2, -0.15) is 0 Å². The van der Waals surface area contributed by atoms with Crippen LogP contribution in [0.25, 0.3) is 88.9 Å². The lowest BCUT2D eigenvalue weighted by Crippen LogP contribution is -1.97. The highest BCUT2D eigenvalue weighted by molar-refractivity contribution is 6.10. The molecule has 72 heavy (non-hydrogen) atoms. The molecule has 0 aliphatic rings. The third kappa shape index (κ3) is 7.73. The van der Waals surface area contributed by atoms with Crippen LogP contribution in [0.15, 0.2) is 285 Å². The van der Waals surface area contributed by atoms with Crippen molar-refractivity contribution >= 4 is 66.4 Å². The molecule has 0 unspecified atom stereocenters. The summed E-state index contributed by atoms with van der Waals surface area (Å²) in [6.45, 7) is 0. The van der Waals surface area contributed by atoms with E-state index in [0.717, 1.165) is 33.6 Å². The van der Waals surface area contributed by atoms with Crippen LogP contribution in [0.3, 0.4) is 0 Å². The number of benzene rings is 11. The van der Waals surface area contributed by atoms with E-state index in [4.69, 9.17) is 0 Å². The summed E-state index contributed by atoms with van der Waals surface area (Å²) in [5, 5.41) is 5.04. The summed E-state index contributed by atoms with van der Waals surface area (Å²) in [5.41, 5.74) is 21.2. The summed E-state index contributed by atoms with van der Waals surface area (Å²) < 4.78 is 4.77. The molecule has 338 valence electrons. The molecule has 2 nitrogen and oxygen atoms in total. The highest BCUT2D eigenvalue weighted by Gasteiger charge is 2.18. The second-order valence-electron chi connectivity index (χ2n) is 18.4. The van der Waals surface area contributed by atoms with Crippen LogP contribution < -0.4 is 0 Å². The van der Waals surface area contributed by atoms with Gasteiger partial charge in [-0.1, -0.05) is 237 Å². The molecule has 13 aromatic rings. The Kier molecular flexibility index (Phi) is 10.9. The van der Waals surface area contributed by atoms with E-state index in [1.54, 1.807) is 0 Å². The fraction of sp³-hybridized carbons (Fsp3) is 0. The first-order valence-electron chi connectivity index (χ1n) is 24.7. The van der Waals surface area contributed by atoms with E-state index >= 15 is 0 Å². The molecule has 13 rings (SSSR count). The zero-order valence-corrected chi connectivity index (χ0v) is 39.6. The number of hydrogen-bond donors (Lipinski definition) is 0. The second kappa shape index (κ2) is 18.4. The van der Waals surface area contributed by atoms with Crippen LogP contribution in [-0.2, 0) is 0 Å². The van der Waals surface area contributed by atoms with Crippen LogP contribution in [0.1, 0.15) is 38.9 Å². The van der Waals surface area contributed by atoms with E-state index in [-0.39, 0.29) is 0 Å². The van der Waals surface area contributed by atoms with E-state index in [0.29, 0.717) is 0 Å². The van der Waals surface area contributed by atoms with Crippen LogP contribution in [-0.4, -0.2) is 9.13 Å². The Morgan fingerprint density at radius 2 is 0.514 bits per heavy atom. The molecule has 0 saturated heterocycles. The molecule has 0 bridgehead atoms. The first-order chi connectivity index (χ1) is 35.7. The predicted octanol–water partition coefficient (Wildman–Crippen LogP) is 18.1. The molecule has 0 atom stereocenters. The number of rotatable bonds is 10. The molecule has 0 N–H and O–H groups in total. The lowest BCUT2D eigenvalue weighted by atomic mass is 9.85. The molecule has 0 fully saturated rings. The summed E-state index contributed by atoms with van der Waals surface area (Å²) in [4.78, 5) is 0. The van der Waals surface area contributed by atoms with Gasteiger partial charge in [0.05, 0.1) is 22.1 Å². The quantitative estimate of drug-likeness (QED) is 0.121. The minimum atomic E-state index is 1.13. The topological polar surface area (TPSA) is 9.86 Å². The van der Waals surface area contributed by atoms with E-state index in [2.05, 4.69) is 300 Å². The number of aromatic nitrogens is 2. The number of fused-ring (bicyclic) bond motifs is 6. The summed E-state index contributed by atoms with van der Waals surface area (Å²) in [6.07, 6.45) is 2.34. The monoisotopic (exact) mass is 916 g/mol. The summed E-state index contributed by atoms with van der Waals surface area (Å²) in [5.74, 6) is 0. The fourth-order valence-corrected chi connectivity index (χ4v) is 10.8. The first kappa shape index (κ1) is 42.6. The maximum atomic E-state index is 2.38. The molecule has 0 aliphatic heterocycles. The van der Waals surface area contributed by atoms with Gasteiger partial charge in [0.15, 0.2) is 0 Å². The molecule has 2 heteroatoms.